The van der Waals surface area contributed by atoms with Crippen molar-refractivity contribution in [2.24, 2.45) is 5.41 Å². The maximum absolute atomic E-state index is 11.6. The summed E-state index contributed by atoms with van der Waals surface area (Å²) < 4.78 is 10.8. The van der Waals surface area contributed by atoms with Gasteiger partial charge in [0.1, 0.15) is 0 Å². The van der Waals surface area contributed by atoms with Gasteiger partial charge in [-0.3, -0.25) is 4.79 Å². The summed E-state index contributed by atoms with van der Waals surface area (Å²) in [6, 6.07) is 3.34. The van der Waals surface area contributed by atoms with Crippen molar-refractivity contribution < 1.29 is 13.9 Å². The molecule has 15 heavy (non-hydrogen) atoms. The number of ether oxygens (including phenoxy) is 1. The summed E-state index contributed by atoms with van der Waals surface area (Å²) in [5.74, 6) is 0.138. The summed E-state index contributed by atoms with van der Waals surface area (Å²) in [6.07, 6.45) is 0. The van der Waals surface area contributed by atoms with Gasteiger partial charge in [0.15, 0.2) is 10.4 Å². The normalized spacial score (nSPS) is 18.3. The number of rotatable bonds is 3. The van der Waals surface area contributed by atoms with Gasteiger partial charge < -0.3 is 14.5 Å². The van der Waals surface area contributed by atoms with Crippen LogP contribution in [0.5, 0.6) is 0 Å². The molecule has 2 rings (SSSR count). The highest BCUT2D eigenvalue weighted by Gasteiger charge is 2.33. The number of furan rings is 1. The molecule has 0 saturated carbocycles. The molecule has 1 aliphatic rings. The van der Waals surface area contributed by atoms with E-state index in [9.17, 15) is 4.79 Å². The van der Waals surface area contributed by atoms with Crippen LogP contribution < -0.4 is 5.32 Å². The lowest BCUT2D eigenvalue weighted by molar-refractivity contribution is -0.0978. The van der Waals surface area contributed by atoms with Crippen LogP contribution in [0.3, 0.4) is 0 Å². The molecule has 0 aromatic carbocycles. The molecule has 1 amide bonds. The van der Waals surface area contributed by atoms with Gasteiger partial charge in [0.25, 0.3) is 5.91 Å². The van der Waals surface area contributed by atoms with Crippen LogP contribution in [-0.2, 0) is 4.74 Å². The largest absolute Gasteiger partial charge is 0.444 e. The number of halogens is 1. The van der Waals surface area contributed by atoms with E-state index >= 15 is 0 Å². The SMILES string of the molecule is CC1(CNC(=O)c2ccc(Br)o2)COC1. The third-order valence-corrected chi connectivity index (χ3v) is 2.80. The summed E-state index contributed by atoms with van der Waals surface area (Å²) in [5, 5.41) is 2.82. The van der Waals surface area contributed by atoms with Gasteiger partial charge in [-0.25, -0.2) is 0 Å². The highest BCUT2D eigenvalue weighted by atomic mass is 79.9. The molecule has 82 valence electrons. The molecule has 1 aromatic heterocycles. The van der Waals surface area contributed by atoms with E-state index in [0.717, 1.165) is 0 Å². The van der Waals surface area contributed by atoms with Crippen LogP contribution in [0.1, 0.15) is 17.5 Å². The van der Waals surface area contributed by atoms with Crippen LogP contribution in [0.2, 0.25) is 0 Å². The Balaban J connectivity index is 1.87. The lowest BCUT2D eigenvalue weighted by atomic mass is 9.89. The summed E-state index contributed by atoms with van der Waals surface area (Å²) in [4.78, 5) is 11.6. The Hall–Kier alpha value is -0.810. The highest BCUT2D eigenvalue weighted by Crippen LogP contribution is 2.25. The second-order valence-corrected chi connectivity index (χ2v) is 4.87. The van der Waals surface area contributed by atoms with Crippen molar-refractivity contribution in [3.05, 3.63) is 22.6 Å². The Labute approximate surface area is 96.1 Å². The van der Waals surface area contributed by atoms with E-state index in [1.54, 1.807) is 12.1 Å². The van der Waals surface area contributed by atoms with Crippen molar-refractivity contribution in [3.8, 4) is 0 Å². The molecule has 0 radical (unpaired) electrons. The molecule has 5 heteroatoms. The molecule has 4 nitrogen and oxygen atoms in total. The zero-order valence-electron chi connectivity index (χ0n) is 8.38. The molecule has 2 heterocycles. The lowest BCUT2D eigenvalue weighted by Crippen LogP contribution is -2.48. The fourth-order valence-corrected chi connectivity index (χ4v) is 1.68. The molecule has 1 aromatic rings. The zero-order chi connectivity index (χ0) is 10.9. The molecular formula is C10H12BrNO3. The number of carbonyl (C=O) groups is 1. The first-order chi connectivity index (χ1) is 7.09. The second kappa shape index (κ2) is 3.98. The Bertz CT molecular complexity index is 370. The van der Waals surface area contributed by atoms with Crippen molar-refractivity contribution >= 4 is 21.8 Å². The van der Waals surface area contributed by atoms with Gasteiger partial charge in [-0.15, -0.1) is 0 Å². The van der Waals surface area contributed by atoms with Crippen molar-refractivity contribution in [2.75, 3.05) is 19.8 Å². The predicted octanol–water partition coefficient (Wildman–Crippen LogP) is 1.81. The molecule has 1 N–H and O–H groups in total. The van der Waals surface area contributed by atoms with Gasteiger partial charge >= 0.3 is 0 Å². The predicted molar refractivity (Wildman–Crippen MR) is 57.7 cm³/mol. The zero-order valence-corrected chi connectivity index (χ0v) is 9.96. The summed E-state index contributed by atoms with van der Waals surface area (Å²) >= 11 is 3.15. The molecule has 0 bridgehead atoms. The van der Waals surface area contributed by atoms with Gasteiger partial charge in [-0.05, 0) is 28.1 Å². The van der Waals surface area contributed by atoms with Crippen molar-refractivity contribution in [2.45, 2.75) is 6.92 Å². The molecule has 1 fully saturated rings. The third-order valence-electron chi connectivity index (χ3n) is 2.37. The van der Waals surface area contributed by atoms with Crippen LogP contribution in [-0.4, -0.2) is 25.7 Å². The quantitative estimate of drug-likeness (QED) is 0.914. The van der Waals surface area contributed by atoms with E-state index in [1.807, 2.05) is 0 Å². The third kappa shape index (κ3) is 2.41. The lowest BCUT2D eigenvalue weighted by Gasteiger charge is -2.37. The smallest absolute Gasteiger partial charge is 0.287 e. The first-order valence-corrected chi connectivity index (χ1v) is 5.50. The molecule has 1 aliphatic heterocycles. The number of hydrogen-bond donors (Lipinski definition) is 1. The first-order valence-electron chi connectivity index (χ1n) is 4.70. The van der Waals surface area contributed by atoms with Gasteiger partial charge in [0, 0.05) is 12.0 Å². The molecular weight excluding hydrogens is 262 g/mol. The number of amides is 1. The van der Waals surface area contributed by atoms with Gasteiger partial charge in [0.05, 0.1) is 13.2 Å². The number of hydrogen-bond acceptors (Lipinski definition) is 3. The average molecular weight is 274 g/mol. The second-order valence-electron chi connectivity index (χ2n) is 4.09. The fraction of sp³-hybridized carbons (Fsp3) is 0.500. The standard InChI is InChI=1S/C10H12BrNO3/c1-10(5-14-6-10)4-12-9(13)7-2-3-8(11)15-7/h2-3H,4-6H2,1H3,(H,12,13). The van der Waals surface area contributed by atoms with Crippen LogP contribution in [0.4, 0.5) is 0 Å². The monoisotopic (exact) mass is 273 g/mol. The molecule has 0 atom stereocenters. The minimum absolute atomic E-state index is 0.0828. The molecule has 0 unspecified atom stereocenters. The number of nitrogens with one attached hydrogen (secondary N) is 1. The summed E-state index contributed by atoms with van der Waals surface area (Å²) in [7, 11) is 0. The van der Waals surface area contributed by atoms with E-state index in [1.165, 1.54) is 0 Å². The topological polar surface area (TPSA) is 51.5 Å². The minimum atomic E-state index is -0.186. The van der Waals surface area contributed by atoms with Gasteiger partial charge in [0.2, 0.25) is 0 Å². The first kappa shape index (κ1) is 10.7. The molecule has 0 spiro atoms. The maximum atomic E-state index is 11.6. The van der Waals surface area contributed by atoms with Crippen LogP contribution in [0.15, 0.2) is 21.2 Å². The molecule has 1 saturated heterocycles. The Morgan fingerprint density at radius 3 is 2.80 bits per heavy atom. The highest BCUT2D eigenvalue weighted by molar-refractivity contribution is 9.10. The van der Waals surface area contributed by atoms with Gasteiger partial charge in [-0.1, -0.05) is 6.92 Å². The fourth-order valence-electron chi connectivity index (χ4n) is 1.37. The van der Waals surface area contributed by atoms with E-state index in [2.05, 4.69) is 28.2 Å². The minimum Gasteiger partial charge on any atom is -0.444 e. The van der Waals surface area contributed by atoms with Crippen LogP contribution in [0, 0.1) is 5.41 Å². The van der Waals surface area contributed by atoms with Crippen LogP contribution in [0.25, 0.3) is 0 Å². The van der Waals surface area contributed by atoms with E-state index in [0.29, 0.717) is 30.2 Å². The van der Waals surface area contributed by atoms with Crippen molar-refractivity contribution in [1.82, 2.24) is 5.32 Å². The maximum Gasteiger partial charge on any atom is 0.287 e. The summed E-state index contributed by atoms with van der Waals surface area (Å²) in [5.41, 5.74) is 0.0828. The summed E-state index contributed by atoms with van der Waals surface area (Å²) in [6.45, 7) is 4.10. The Morgan fingerprint density at radius 2 is 2.33 bits per heavy atom. The van der Waals surface area contributed by atoms with E-state index in [4.69, 9.17) is 9.15 Å². The average Bonchev–Trinajstić information content (AvgIpc) is 2.58. The Morgan fingerprint density at radius 1 is 1.60 bits per heavy atom. The van der Waals surface area contributed by atoms with E-state index < -0.39 is 0 Å². The molecule has 0 aliphatic carbocycles. The van der Waals surface area contributed by atoms with Crippen LogP contribution >= 0.6 is 15.9 Å². The van der Waals surface area contributed by atoms with E-state index in [-0.39, 0.29) is 11.3 Å². The van der Waals surface area contributed by atoms with Crippen molar-refractivity contribution in [1.29, 1.82) is 0 Å². The Kier molecular flexibility index (Phi) is 2.84. The number of carbonyl (C=O) groups excluding carboxylic acids is 1. The van der Waals surface area contributed by atoms with Crippen molar-refractivity contribution in [3.63, 3.8) is 0 Å². The van der Waals surface area contributed by atoms with Gasteiger partial charge in [-0.2, -0.15) is 0 Å².